The van der Waals surface area contributed by atoms with Gasteiger partial charge in [0.05, 0.1) is 4.92 Å². The number of aryl methyl sites for hydroxylation is 1. The first-order valence-corrected chi connectivity index (χ1v) is 5.49. The van der Waals surface area contributed by atoms with Gasteiger partial charge in [0, 0.05) is 25.8 Å². The molecular weight excluding hydrogens is 222 g/mol. The highest BCUT2D eigenvalue weighted by atomic mass is 16.6. The lowest BCUT2D eigenvalue weighted by Crippen LogP contribution is -2.05. The second kappa shape index (κ2) is 6.80. The highest BCUT2D eigenvalue weighted by Crippen LogP contribution is 2.18. The standard InChI is InChI=1S/C11H17N3O3/c1-9-7-11(12-5-3-4-6-17-2)13-8-10(9)14(15)16/h7-8H,3-6H2,1-2H3,(H,12,13). The summed E-state index contributed by atoms with van der Waals surface area (Å²) in [6.45, 7) is 3.23. The van der Waals surface area contributed by atoms with Gasteiger partial charge in [0.15, 0.2) is 0 Å². The Morgan fingerprint density at radius 3 is 2.88 bits per heavy atom. The van der Waals surface area contributed by atoms with Crippen LogP contribution in [0.4, 0.5) is 11.5 Å². The molecule has 94 valence electrons. The average molecular weight is 239 g/mol. The summed E-state index contributed by atoms with van der Waals surface area (Å²) in [7, 11) is 1.68. The maximum Gasteiger partial charge on any atom is 0.290 e. The minimum absolute atomic E-state index is 0.0509. The van der Waals surface area contributed by atoms with Crippen molar-refractivity contribution >= 4 is 11.5 Å². The molecule has 1 aromatic rings. The molecule has 0 aliphatic rings. The van der Waals surface area contributed by atoms with Gasteiger partial charge >= 0.3 is 0 Å². The third-order valence-electron chi connectivity index (χ3n) is 2.36. The van der Waals surface area contributed by atoms with Gasteiger partial charge in [-0.3, -0.25) is 10.1 Å². The number of ether oxygens (including phenoxy) is 1. The van der Waals surface area contributed by atoms with Gasteiger partial charge < -0.3 is 10.1 Å². The number of unbranched alkanes of at least 4 members (excludes halogenated alkanes) is 1. The minimum Gasteiger partial charge on any atom is -0.385 e. The monoisotopic (exact) mass is 239 g/mol. The summed E-state index contributed by atoms with van der Waals surface area (Å²) >= 11 is 0. The Hall–Kier alpha value is -1.69. The van der Waals surface area contributed by atoms with E-state index in [2.05, 4.69) is 10.3 Å². The number of nitro groups is 1. The van der Waals surface area contributed by atoms with E-state index < -0.39 is 4.92 Å². The molecule has 0 spiro atoms. The van der Waals surface area contributed by atoms with Crippen LogP contribution in [0.15, 0.2) is 12.3 Å². The molecule has 0 unspecified atom stereocenters. The molecule has 0 aliphatic carbocycles. The number of methoxy groups -OCH3 is 1. The molecule has 0 radical (unpaired) electrons. The second-order valence-corrected chi connectivity index (χ2v) is 3.74. The van der Waals surface area contributed by atoms with Gasteiger partial charge in [-0.1, -0.05) is 0 Å². The molecule has 0 saturated heterocycles. The molecule has 0 atom stereocenters. The van der Waals surface area contributed by atoms with Crippen LogP contribution < -0.4 is 5.32 Å². The second-order valence-electron chi connectivity index (χ2n) is 3.74. The number of anilines is 1. The van der Waals surface area contributed by atoms with Gasteiger partial charge in [-0.15, -0.1) is 0 Å². The third kappa shape index (κ3) is 4.36. The summed E-state index contributed by atoms with van der Waals surface area (Å²) in [6, 6.07) is 1.69. The van der Waals surface area contributed by atoms with Crippen LogP contribution in [0.5, 0.6) is 0 Å². The van der Waals surface area contributed by atoms with Gasteiger partial charge in [-0.05, 0) is 25.8 Å². The Morgan fingerprint density at radius 1 is 1.53 bits per heavy atom. The van der Waals surface area contributed by atoms with E-state index in [1.165, 1.54) is 6.20 Å². The fourth-order valence-corrected chi connectivity index (χ4v) is 1.42. The van der Waals surface area contributed by atoms with Crippen LogP contribution in [-0.2, 0) is 4.74 Å². The van der Waals surface area contributed by atoms with Crippen LogP contribution >= 0.6 is 0 Å². The molecule has 0 amide bonds. The molecular formula is C11H17N3O3. The van der Waals surface area contributed by atoms with Crippen molar-refractivity contribution in [3.05, 3.63) is 27.9 Å². The lowest BCUT2D eigenvalue weighted by atomic mass is 10.2. The van der Waals surface area contributed by atoms with Crippen molar-refractivity contribution in [3.8, 4) is 0 Å². The van der Waals surface area contributed by atoms with Crippen molar-refractivity contribution in [2.75, 3.05) is 25.6 Å². The van der Waals surface area contributed by atoms with Crippen LogP contribution in [0, 0.1) is 17.0 Å². The Bertz CT molecular complexity index is 382. The van der Waals surface area contributed by atoms with Crippen molar-refractivity contribution in [2.24, 2.45) is 0 Å². The van der Waals surface area contributed by atoms with Crippen molar-refractivity contribution in [2.45, 2.75) is 19.8 Å². The first-order valence-electron chi connectivity index (χ1n) is 5.49. The minimum atomic E-state index is -0.426. The fraction of sp³-hybridized carbons (Fsp3) is 0.545. The maximum atomic E-state index is 10.6. The maximum absolute atomic E-state index is 10.6. The van der Waals surface area contributed by atoms with Crippen LogP contribution in [0.3, 0.4) is 0 Å². The summed E-state index contributed by atoms with van der Waals surface area (Å²) in [5.41, 5.74) is 0.666. The van der Waals surface area contributed by atoms with Gasteiger partial charge in [0.25, 0.3) is 5.69 Å². The Morgan fingerprint density at radius 2 is 2.29 bits per heavy atom. The molecule has 0 bridgehead atoms. The SMILES string of the molecule is COCCCCNc1cc(C)c([N+](=O)[O-])cn1. The van der Waals surface area contributed by atoms with Gasteiger partial charge in [-0.2, -0.15) is 0 Å². The molecule has 0 saturated carbocycles. The third-order valence-corrected chi connectivity index (χ3v) is 2.36. The zero-order chi connectivity index (χ0) is 12.7. The van der Waals surface area contributed by atoms with Crippen molar-refractivity contribution in [3.63, 3.8) is 0 Å². The number of hydrogen-bond acceptors (Lipinski definition) is 5. The lowest BCUT2D eigenvalue weighted by Gasteiger charge is -2.06. The Kier molecular flexibility index (Phi) is 5.35. The van der Waals surface area contributed by atoms with Crippen molar-refractivity contribution < 1.29 is 9.66 Å². The molecule has 0 aliphatic heterocycles. The predicted octanol–water partition coefficient (Wildman–Crippen LogP) is 2.14. The molecule has 0 fully saturated rings. The molecule has 1 heterocycles. The summed E-state index contributed by atoms with van der Waals surface area (Å²) in [6.07, 6.45) is 3.24. The number of nitrogens with zero attached hydrogens (tertiary/aromatic N) is 2. The first-order chi connectivity index (χ1) is 8.15. The van der Waals surface area contributed by atoms with Crippen LogP contribution in [0.25, 0.3) is 0 Å². The normalized spacial score (nSPS) is 10.2. The Labute approximate surface area is 100 Å². The van der Waals surface area contributed by atoms with Gasteiger partial charge in [0.2, 0.25) is 0 Å². The highest BCUT2D eigenvalue weighted by molar-refractivity contribution is 5.46. The van der Waals surface area contributed by atoms with Crippen molar-refractivity contribution in [1.82, 2.24) is 4.98 Å². The van der Waals surface area contributed by atoms with Crippen LogP contribution in [0.1, 0.15) is 18.4 Å². The van der Waals surface area contributed by atoms with Gasteiger partial charge in [-0.25, -0.2) is 4.98 Å². The van der Waals surface area contributed by atoms with E-state index >= 15 is 0 Å². The lowest BCUT2D eigenvalue weighted by molar-refractivity contribution is -0.385. The van der Waals surface area contributed by atoms with Crippen LogP contribution in [0.2, 0.25) is 0 Å². The van der Waals surface area contributed by atoms with E-state index in [0.29, 0.717) is 11.4 Å². The van der Waals surface area contributed by atoms with Crippen molar-refractivity contribution in [1.29, 1.82) is 0 Å². The number of pyridine rings is 1. The molecule has 1 N–H and O–H groups in total. The summed E-state index contributed by atoms with van der Waals surface area (Å²) < 4.78 is 4.94. The quantitative estimate of drug-likeness (QED) is 0.448. The van der Waals surface area contributed by atoms with E-state index in [1.54, 1.807) is 20.1 Å². The Balaban J connectivity index is 2.45. The average Bonchev–Trinajstić information content (AvgIpc) is 2.28. The fourth-order valence-electron chi connectivity index (χ4n) is 1.42. The molecule has 0 aromatic carbocycles. The topological polar surface area (TPSA) is 77.3 Å². The predicted molar refractivity (Wildman–Crippen MR) is 65.2 cm³/mol. The molecule has 1 aromatic heterocycles. The largest absolute Gasteiger partial charge is 0.385 e. The number of nitrogens with one attached hydrogen (secondary N) is 1. The number of rotatable bonds is 7. The molecule has 6 heteroatoms. The first kappa shape index (κ1) is 13.4. The summed E-state index contributed by atoms with van der Waals surface area (Å²) in [5.74, 6) is 0.672. The summed E-state index contributed by atoms with van der Waals surface area (Å²) in [5, 5.41) is 13.7. The molecule has 1 rings (SSSR count). The molecule has 17 heavy (non-hydrogen) atoms. The molecule has 6 nitrogen and oxygen atoms in total. The van der Waals surface area contributed by atoms with E-state index in [1.807, 2.05) is 0 Å². The van der Waals surface area contributed by atoms with E-state index in [-0.39, 0.29) is 5.69 Å². The van der Waals surface area contributed by atoms with Crippen LogP contribution in [-0.4, -0.2) is 30.2 Å². The van der Waals surface area contributed by atoms with E-state index in [9.17, 15) is 10.1 Å². The zero-order valence-corrected chi connectivity index (χ0v) is 10.1. The number of hydrogen-bond donors (Lipinski definition) is 1. The van der Waals surface area contributed by atoms with E-state index in [0.717, 1.165) is 26.0 Å². The van der Waals surface area contributed by atoms with E-state index in [4.69, 9.17) is 4.74 Å². The van der Waals surface area contributed by atoms with Gasteiger partial charge in [0.1, 0.15) is 12.0 Å². The number of aromatic nitrogens is 1. The smallest absolute Gasteiger partial charge is 0.290 e. The highest BCUT2D eigenvalue weighted by Gasteiger charge is 2.10. The summed E-state index contributed by atoms with van der Waals surface area (Å²) in [4.78, 5) is 14.2. The zero-order valence-electron chi connectivity index (χ0n) is 10.1.